The van der Waals surface area contributed by atoms with Gasteiger partial charge < -0.3 is 9.64 Å². The summed E-state index contributed by atoms with van der Waals surface area (Å²) in [5.41, 5.74) is 2.45. The number of carbonyl (C=O) groups excluding carboxylic acids is 2. The van der Waals surface area contributed by atoms with Crippen molar-refractivity contribution in [2.75, 3.05) is 6.54 Å². The van der Waals surface area contributed by atoms with E-state index >= 15 is 0 Å². The van der Waals surface area contributed by atoms with Crippen LogP contribution < -0.4 is 4.74 Å². The van der Waals surface area contributed by atoms with E-state index in [1.165, 1.54) is 12.1 Å². The summed E-state index contributed by atoms with van der Waals surface area (Å²) in [6.45, 7) is 7.25. The van der Waals surface area contributed by atoms with Crippen molar-refractivity contribution in [2.45, 2.75) is 46.3 Å². The standard InChI is InChI=1S/C29H28F3NO3/c1-28(2,3)17-26(34)33-15-14-20-16-23(13-10-21(20)18-33)36-27(35)25-7-5-4-6-24(25)19-8-11-22(12-9-19)29(30,31)32/h4-13,16H,14-15,17-18H2,1-3H3. The molecular weight excluding hydrogens is 467 g/mol. The van der Waals surface area contributed by atoms with Crippen LogP contribution in [0.1, 0.15) is 54.2 Å². The van der Waals surface area contributed by atoms with Crippen LogP contribution in [0.15, 0.2) is 66.7 Å². The van der Waals surface area contributed by atoms with Crippen LogP contribution in [0.3, 0.4) is 0 Å². The predicted molar refractivity (Wildman–Crippen MR) is 131 cm³/mol. The molecule has 3 aromatic carbocycles. The van der Waals surface area contributed by atoms with Crippen LogP contribution in [-0.2, 0) is 23.9 Å². The number of amides is 1. The zero-order valence-electron chi connectivity index (χ0n) is 20.5. The molecule has 7 heteroatoms. The summed E-state index contributed by atoms with van der Waals surface area (Å²) in [4.78, 5) is 27.5. The van der Waals surface area contributed by atoms with Crippen molar-refractivity contribution < 1.29 is 27.5 Å². The highest BCUT2D eigenvalue weighted by molar-refractivity contribution is 5.98. The van der Waals surface area contributed by atoms with Crippen LogP contribution in [0.2, 0.25) is 0 Å². The number of carbonyl (C=O) groups is 2. The van der Waals surface area contributed by atoms with E-state index in [2.05, 4.69) is 0 Å². The van der Waals surface area contributed by atoms with Crippen LogP contribution in [0.25, 0.3) is 11.1 Å². The lowest BCUT2D eigenvalue weighted by Crippen LogP contribution is -2.37. The molecule has 4 nitrogen and oxygen atoms in total. The molecule has 0 aliphatic carbocycles. The Morgan fingerprint density at radius 1 is 0.917 bits per heavy atom. The van der Waals surface area contributed by atoms with E-state index < -0.39 is 17.7 Å². The van der Waals surface area contributed by atoms with Crippen molar-refractivity contribution in [1.29, 1.82) is 0 Å². The van der Waals surface area contributed by atoms with Gasteiger partial charge in [0.15, 0.2) is 0 Å². The number of benzene rings is 3. The van der Waals surface area contributed by atoms with Gasteiger partial charge in [-0.2, -0.15) is 13.2 Å². The molecule has 0 N–H and O–H groups in total. The topological polar surface area (TPSA) is 46.6 Å². The van der Waals surface area contributed by atoms with E-state index in [4.69, 9.17) is 4.74 Å². The highest BCUT2D eigenvalue weighted by Gasteiger charge is 2.30. The Morgan fingerprint density at radius 2 is 1.61 bits per heavy atom. The smallest absolute Gasteiger partial charge is 0.416 e. The second-order valence-corrected chi connectivity index (χ2v) is 10.2. The number of nitrogens with zero attached hydrogens (tertiary/aromatic N) is 1. The fraction of sp³-hybridized carbons (Fsp3) is 0.310. The first kappa shape index (κ1) is 25.5. The van der Waals surface area contributed by atoms with Crippen LogP contribution in [-0.4, -0.2) is 23.3 Å². The monoisotopic (exact) mass is 495 g/mol. The van der Waals surface area contributed by atoms with Crippen molar-refractivity contribution in [2.24, 2.45) is 5.41 Å². The molecule has 1 aliphatic rings. The highest BCUT2D eigenvalue weighted by Crippen LogP contribution is 2.32. The Hall–Kier alpha value is -3.61. The lowest BCUT2D eigenvalue weighted by Gasteiger charge is -2.31. The molecule has 0 bridgehead atoms. The minimum absolute atomic E-state index is 0.0773. The predicted octanol–water partition coefficient (Wildman–Crippen LogP) is 6.91. The number of fused-ring (bicyclic) bond motifs is 1. The molecule has 1 aliphatic heterocycles. The SMILES string of the molecule is CC(C)(C)CC(=O)N1CCc2cc(OC(=O)c3ccccc3-c3ccc(C(F)(F)F)cc3)ccc2C1. The Morgan fingerprint density at radius 3 is 2.28 bits per heavy atom. The first-order valence-electron chi connectivity index (χ1n) is 11.8. The van der Waals surface area contributed by atoms with Gasteiger partial charge in [0.1, 0.15) is 5.75 Å². The molecular formula is C29H28F3NO3. The summed E-state index contributed by atoms with van der Waals surface area (Å²) in [5.74, 6) is -0.0813. The minimum atomic E-state index is -4.43. The van der Waals surface area contributed by atoms with E-state index in [1.54, 1.807) is 30.3 Å². The third kappa shape index (κ3) is 5.96. The summed E-state index contributed by atoms with van der Waals surface area (Å²) in [5, 5.41) is 0. The van der Waals surface area contributed by atoms with Gasteiger partial charge in [-0.25, -0.2) is 4.79 Å². The number of hydrogen-bond acceptors (Lipinski definition) is 3. The third-order valence-electron chi connectivity index (χ3n) is 6.11. The van der Waals surface area contributed by atoms with Crippen molar-refractivity contribution in [3.63, 3.8) is 0 Å². The van der Waals surface area contributed by atoms with E-state index in [-0.39, 0.29) is 16.9 Å². The normalized spacial score (nSPS) is 13.8. The highest BCUT2D eigenvalue weighted by atomic mass is 19.4. The molecule has 3 aromatic rings. The summed E-state index contributed by atoms with van der Waals surface area (Å²) < 4.78 is 44.4. The number of ether oxygens (including phenoxy) is 1. The van der Waals surface area contributed by atoms with Crippen molar-refractivity contribution in [1.82, 2.24) is 4.90 Å². The number of halogens is 3. The molecule has 0 radical (unpaired) electrons. The molecule has 1 heterocycles. The lowest BCUT2D eigenvalue weighted by atomic mass is 9.90. The van der Waals surface area contributed by atoms with E-state index in [9.17, 15) is 22.8 Å². The fourth-order valence-electron chi connectivity index (χ4n) is 4.28. The molecule has 0 saturated carbocycles. The molecule has 4 rings (SSSR count). The molecule has 0 aromatic heterocycles. The maximum Gasteiger partial charge on any atom is 0.416 e. The lowest BCUT2D eigenvalue weighted by molar-refractivity contribution is -0.137. The number of hydrogen-bond donors (Lipinski definition) is 0. The first-order chi connectivity index (χ1) is 16.9. The van der Waals surface area contributed by atoms with Crippen molar-refractivity contribution >= 4 is 11.9 Å². The van der Waals surface area contributed by atoms with Gasteiger partial charge in [0.2, 0.25) is 5.91 Å². The average molecular weight is 496 g/mol. The van der Waals surface area contributed by atoms with Gasteiger partial charge in [-0.1, -0.05) is 57.2 Å². The Kier molecular flexibility index (Phi) is 6.94. The van der Waals surface area contributed by atoms with Gasteiger partial charge in [0.25, 0.3) is 0 Å². The van der Waals surface area contributed by atoms with Gasteiger partial charge in [0.05, 0.1) is 11.1 Å². The Labute approximate surface area is 208 Å². The molecule has 0 unspecified atom stereocenters. The number of rotatable bonds is 4. The maximum absolute atomic E-state index is 13.0. The fourth-order valence-corrected chi connectivity index (χ4v) is 4.28. The maximum atomic E-state index is 13.0. The van der Waals surface area contributed by atoms with Gasteiger partial charge in [-0.15, -0.1) is 0 Å². The molecule has 0 fully saturated rings. The van der Waals surface area contributed by atoms with Crippen LogP contribution in [0.5, 0.6) is 5.75 Å². The third-order valence-corrected chi connectivity index (χ3v) is 6.11. The Bertz CT molecular complexity index is 1270. The van der Waals surface area contributed by atoms with Crippen molar-refractivity contribution in [3.8, 4) is 16.9 Å². The van der Waals surface area contributed by atoms with Gasteiger partial charge in [-0.3, -0.25) is 4.79 Å². The molecule has 0 saturated heterocycles. The second-order valence-electron chi connectivity index (χ2n) is 10.2. The summed E-state index contributed by atoms with van der Waals surface area (Å²) >= 11 is 0. The molecule has 188 valence electrons. The summed E-state index contributed by atoms with van der Waals surface area (Å²) in [6, 6.07) is 16.7. The second kappa shape index (κ2) is 9.80. The van der Waals surface area contributed by atoms with Crippen LogP contribution >= 0.6 is 0 Å². The molecule has 36 heavy (non-hydrogen) atoms. The average Bonchev–Trinajstić information content (AvgIpc) is 2.82. The molecule has 0 spiro atoms. The first-order valence-corrected chi connectivity index (χ1v) is 11.8. The quantitative estimate of drug-likeness (QED) is 0.292. The van der Waals surface area contributed by atoms with E-state index in [0.717, 1.165) is 23.3 Å². The summed E-state index contributed by atoms with van der Waals surface area (Å²) in [6.07, 6.45) is -3.28. The largest absolute Gasteiger partial charge is 0.423 e. The van der Waals surface area contributed by atoms with E-state index in [1.807, 2.05) is 37.8 Å². The van der Waals surface area contributed by atoms with Crippen LogP contribution in [0.4, 0.5) is 13.2 Å². The number of alkyl halides is 3. The molecule has 0 atom stereocenters. The Balaban J connectivity index is 1.49. The van der Waals surface area contributed by atoms with Crippen molar-refractivity contribution in [3.05, 3.63) is 89.0 Å². The zero-order chi connectivity index (χ0) is 26.1. The van der Waals surface area contributed by atoms with Gasteiger partial charge >= 0.3 is 12.1 Å². The van der Waals surface area contributed by atoms with Gasteiger partial charge in [0, 0.05) is 19.5 Å². The van der Waals surface area contributed by atoms with E-state index in [0.29, 0.717) is 42.8 Å². The molecule has 1 amide bonds. The minimum Gasteiger partial charge on any atom is -0.423 e. The van der Waals surface area contributed by atoms with Crippen LogP contribution in [0, 0.1) is 5.41 Å². The summed E-state index contributed by atoms with van der Waals surface area (Å²) in [7, 11) is 0. The van der Waals surface area contributed by atoms with Gasteiger partial charge in [-0.05, 0) is 64.4 Å². The zero-order valence-corrected chi connectivity index (χ0v) is 20.5. The number of esters is 1.